The number of carbonyl (C=O) groups is 1. The van der Waals surface area contributed by atoms with E-state index in [-0.39, 0.29) is 0 Å². The molecule has 3 atom stereocenters. The minimum absolute atomic E-state index is 0.437. The summed E-state index contributed by atoms with van der Waals surface area (Å²) in [5.41, 5.74) is 0.137. The first-order valence-electron chi connectivity index (χ1n) is 13.8. The molecule has 0 fully saturated rings. The zero-order valence-corrected chi connectivity index (χ0v) is 24.2. The van der Waals surface area contributed by atoms with Crippen molar-refractivity contribution < 1.29 is 18.8 Å². The Morgan fingerprint density at radius 3 is 2.14 bits per heavy atom. The van der Waals surface area contributed by atoms with Crippen LogP contribution >= 0.6 is 0 Å². The monoisotopic (exact) mass is 518 g/mol. The van der Waals surface area contributed by atoms with Crippen molar-refractivity contribution in [2.75, 3.05) is 0 Å². The van der Waals surface area contributed by atoms with Gasteiger partial charge in [0.2, 0.25) is 0 Å². The second kappa shape index (κ2) is 18.5. The molecule has 0 saturated carbocycles. The van der Waals surface area contributed by atoms with Crippen molar-refractivity contribution in [2.45, 2.75) is 134 Å². The van der Waals surface area contributed by atoms with Gasteiger partial charge in [-0.25, -0.2) is 0 Å². The second-order valence-corrected chi connectivity index (χ2v) is 12.1. The lowest BCUT2D eigenvalue weighted by molar-refractivity contribution is -0.156. The molecule has 5 heteroatoms. The molecular weight excluding hydrogens is 468 g/mol. The van der Waals surface area contributed by atoms with E-state index in [0.29, 0.717) is 11.3 Å². The third kappa shape index (κ3) is 14.1. The van der Waals surface area contributed by atoms with Gasteiger partial charge in [0, 0.05) is 4.90 Å². The Bertz CT molecular complexity index is 822. The van der Waals surface area contributed by atoms with Crippen LogP contribution in [0.5, 0.6) is 0 Å². The van der Waals surface area contributed by atoms with Crippen LogP contribution in [0.15, 0.2) is 53.5 Å². The third-order valence-electron chi connectivity index (χ3n) is 5.98. The molecule has 1 aromatic carbocycles. The molecule has 1 N–H and O–H groups in total. The summed E-state index contributed by atoms with van der Waals surface area (Å²) in [5, 5.41) is 9.81. The van der Waals surface area contributed by atoms with E-state index in [9.17, 15) is 14.1 Å². The zero-order valence-electron chi connectivity index (χ0n) is 23.3. The molecule has 0 spiro atoms. The zero-order chi connectivity index (χ0) is 26.8. The highest BCUT2D eigenvalue weighted by Crippen LogP contribution is 2.23. The first-order chi connectivity index (χ1) is 17.2. The Morgan fingerprint density at radius 1 is 0.944 bits per heavy atom. The van der Waals surface area contributed by atoms with Crippen molar-refractivity contribution in [1.29, 1.82) is 0 Å². The molecule has 1 aromatic rings. The quantitative estimate of drug-likeness (QED) is 0.121. The topological polar surface area (TPSA) is 63.6 Å². The van der Waals surface area contributed by atoms with Gasteiger partial charge < -0.3 is 9.84 Å². The first-order valence-corrected chi connectivity index (χ1v) is 15.1. The summed E-state index contributed by atoms with van der Waals surface area (Å²) in [6.45, 7) is 9.45. The molecule has 36 heavy (non-hydrogen) atoms. The number of aryl methyl sites for hydroxylation is 1. The molecule has 0 aliphatic heterocycles. The number of hydrogen-bond donors (Lipinski definition) is 1. The standard InChI is InChI=1S/C31H50O4S/c1-6-7-8-9-10-11-12-13-14-15-16-17-18-19-20-24-27(32)29(30(33)35-31(3,4)5)36(34)28-25-22-21-23-26(28)2/h10-11,13-14,21-23,25,27,29,32H,6-9,12,15-20,24H2,1-5H3/b11-10-,14-13-/t27?,29?,36-/m0/s1. The minimum atomic E-state index is -1.68. The maximum Gasteiger partial charge on any atom is 0.325 e. The smallest absolute Gasteiger partial charge is 0.325 e. The Morgan fingerprint density at radius 2 is 1.53 bits per heavy atom. The summed E-state index contributed by atoms with van der Waals surface area (Å²) in [6, 6.07) is 7.30. The summed E-state index contributed by atoms with van der Waals surface area (Å²) >= 11 is 0. The van der Waals surface area contributed by atoms with Crippen molar-refractivity contribution in [1.82, 2.24) is 0 Å². The van der Waals surface area contributed by atoms with Gasteiger partial charge in [0.15, 0.2) is 5.25 Å². The maximum absolute atomic E-state index is 13.3. The van der Waals surface area contributed by atoms with E-state index in [2.05, 4.69) is 31.2 Å². The van der Waals surface area contributed by atoms with E-state index in [4.69, 9.17) is 4.74 Å². The van der Waals surface area contributed by atoms with Crippen molar-refractivity contribution in [2.24, 2.45) is 0 Å². The largest absolute Gasteiger partial charge is 0.459 e. The van der Waals surface area contributed by atoms with E-state index in [0.717, 1.165) is 50.5 Å². The number of benzene rings is 1. The van der Waals surface area contributed by atoms with Crippen molar-refractivity contribution in [3.8, 4) is 0 Å². The lowest BCUT2D eigenvalue weighted by atomic mass is 10.0. The highest BCUT2D eigenvalue weighted by atomic mass is 32.2. The van der Waals surface area contributed by atoms with Crippen LogP contribution in [0, 0.1) is 6.92 Å². The van der Waals surface area contributed by atoms with Crippen molar-refractivity contribution in [3.63, 3.8) is 0 Å². The van der Waals surface area contributed by atoms with E-state index < -0.39 is 33.7 Å². The number of aliphatic hydroxyl groups excluding tert-OH is 1. The number of ether oxygens (including phenoxy) is 1. The van der Waals surface area contributed by atoms with Crippen LogP contribution in [-0.4, -0.2) is 32.2 Å². The number of esters is 1. The number of rotatable bonds is 18. The van der Waals surface area contributed by atoms with Gasteiger partial charge in [0.05, 0.1) is 16.9 Å². The van der Waals surface area contributed by atoms with Gasteiger partial charge in [0.1, 0.15) is 5.60 Å². The predicted molar refractivity (Wildman–Crippen MR) is 153 cm³/mol. The van der Waals surface area contributed by atoms with E-state index in [1.54, 1.807) is 32.9 Å². The van der Waals surface area contributed by atoms with Crippen molar-refractivity contribution in [3.05, 3.63) is 54.1 Å². The molecule has 0 radical (unpaired) electrons. The van der Waals surface area contributed by atoms with Gasteiger partial charge in [-0.2, -0.15) is 0 Å². The fraction of sp³-hybridized carbons (Fsp3) is 0.645. The molecule has 0 heterocycles. The average Bonchev–Trinajstić information content (AvgIpc) is 2.80. The van der Waals surface area contributed by atoms with Crippen LogP contribution in [0.25, 0.3) is 0 Å². The Kier molecular flexibility index (Phi) is 16.6. The fourth-order valence-corrected chi connectivity index (χ4v) is 5.50. The molecule has 0 saturated heterocycles. The summed E-state index contributed by atoms with van der Waals surface area (Å²) in [7, 11) is -1.68. The first kappa shape index (κ1) is 32.3. The SMILES string of the molecule is CCCCC/C=C\C/C=C\CCCCCCCC(O)C(C(=O)OC(C)(C)C)[S@@](=O)c1ccccc1C. The summed E-state index contributed by atoms with van der Waals surface area (Å²) in [5.74, 6) is -0.598. The van der Waals surface area contributed by atoms with Gasteiger partial charge in [-0.15, -0.1) is 0 Å². The van der Waals surface area contributed by atoms with Gasteiger partial charge >= 0.3 is 5.97 Å². The third-order valence-corrected chi connectivity index (χ3v) is 7.84. The molecule has 0 aliphatic rings. The van der Waals surface area contributed by atoms with Crippen LogP contribution in [-0.2, 0) is 20.3 Å². The number of aliphatic hydroxyl groups is 1. The van der Waals surface area contributed by atoms with Crippen LogP contribution in [0.3, 0.4) is 0 Å². The molecule has 0 aliphatic carbocycles. The summed E-state index contributed by atoms with van der Waals surface area (Å²) in [6.07, 6.45) is 20.9. The van der Waals surface area contributed by atoms with Crippen LogP contribution in [0.1, 0.15) is 110 Å². The molecular formula is C31H50O4S. The molecule has 1 rings (SSSR count). The normalized spacial score (nSPS) is 14.8. The Labute approximate surface area is 223 Å². The highest BCUT2D eigenvalue weighted by Gasteiger charge is 2.37. The predicted octanol–water partition coefficient (Wildman–Crippen LogP) is 7.99. The number of allylic oxidation sites excluding steroid dienone is 4. The fourth-order valence-electron chi connectivity index (χ4n) is 3.98. The minimum Gasteiger partial charge on any atom is -0.459 e. The van der Waals surface area contributed by atoms with Crippen LogP contribution in [0.4, 0.5) is 0 Å². The summed E-state index contributed by atoms with van der Waals surface area (Å²) in [4.78, 5) is 13.5. The van der Waals surface area contributed by atoms with Crippen LogP contribution < -0.4 is 0 Å². The molecule has 0 amide bonds. The summed E-state index contributed by atoms with van der Waals surface area (Å²) < 4.78 is 18.9. The molecule has 0 aromatic heterocycles. The second-order valence-electron chi connectivity index (χ2n) is 10.6. The van der Waals surface area contributed by atoms with E-state index in [1.807, 2.05) is 19.1 Å². The number of hydrogen-bond acceptors (Lipinski definition) is 4. The molecule has 2 unspecified atom stereocenters. The van der Waals surface area contributed by atoms with Crippen LogP contribution in [0.2, 0.25) is 0 Å². The van der Waals surface area contributed by atoms with E-state index in [1.165, 1.54) is 25.7 Å². The van der Waals surface area contributed by atoms with Gasteiger partial charge in [-0.1, -0.05) is 88.0 Å². The number of unbranched alkanes of at least 4 members (excludes halogenated alkanes) is 8. The lowest BCUT2D eigenvalue weighted by Crippen LogP contribution is -2.42. The Balaban J connectivity index is 2.41. The van der Waals surface area contributed by atoms with Gasteiger partial charge in [-0.05, 0) is 77.8 Å². The maximum atomic E-state index is 13.3. The van der Waals surface area contributed by atoms with E-state index >= 15 is 0 Å². The molecule has 0 bridgehead atoms. The highest BCUT2D eigenvalue weighted by molar-refractivity contribution is 7.86. The molecule has 4 nitrogen and oxygen atoms in total. The lowest BCUT2D eigenvalue weighted by Gasteiger charge is -2.26. The van der Waals surface area contributed by atoms with Gasteiger partial charge in [0.25, 0.3) is 0 Å². The van der Waals surface area contributed by atoms with Gasteiger partial charge in [-0.3, -0.25) is 9.00 Å². The average molecular weight is 519 g/mol. The number of carbonyl (C=O) groups excluding carboxylic acids is 1. The molecule has 204 valence electrons. The van der Waals surface area contributed by atoms with Crippen molar-refractivity contribution >= 4 is 16.8 Å². The Hall–Kier alpha value is -1.72.